The third-order valence-electron chi connectivity index (χ3n) is 16.2. The number of carbonyl (C=O) groups excluding carboxylic acids is 1. The number of benzene rings is 1. The molecule has 3 unspecified atom stereocenters. The highest BCUT2D eigenvalue weighted by Gasteiger charge is 2.71. The minimum atomic E-state index is -1.08. The number of carbonyl (C=O) groups is 4. The number of carboxylic acid groups (broad SMARTS) is 3. The Kier molecular flexibility index (Phi) is 10.1. The molecule has 0 saturated heterocycles. The molecule has 9 nitrogen and oxygen atoms in total. The summed E-state index contributed by atoms with van der Waals surface area (Å²) in [7, 11) is 0. The molecule has 4 N–H and O–H groups in total. The van der Waals surface area contributed by atoms with Gasteiger partial charge in [0.15, 0.2) is 0 Å². The first-order chi connectivity index (χ1) is 24.3. The number of hydrogen-bond acceptors (Lipinski definition) is 5. The second-order valence-electron chi connectivity index (χ2n) is 19.0. The molecule has 6 rings (SSSR count). The van der Waals surface area contributed by atoms with Crippen molar-refractivity contribution in [2.24, 2.45) is 62.6 Å². The molecule has 1 aromatic carbocycles. The third kappa shape index (κ3) is 6.01. The minimum Gasteiger partial charge on any atom is -0.480 e. The first-order valence-electron chi connectivity index (χ1n) is 19.8. The highest BCUT2D eigenvalue weighted by molar-refractivity contribution is 5.88. The molecule has 0 bridgehead atoms. The van der Waals surface area contributed by atoms with Gasteiger partial charge in [0.05, 0.1) is 24.1 Å². The number of fused-ring (bicyclic) bond motifs is 7. The van der Waals surface area contributed by atoms with E-state index in [-0.39, 0.29) is 59.7 Å². The largest absolute Gasteiger partial charge is 0.480 e. The summed E-state index contributed by atoms with van der Waals surface area (Å²) in [5.74, 6) is -0.271. The Bertz CT molecular complexity index is 1600. The average Bonchev–Trinajstić information content (AvgIpc) is 3.46. The van der Waals surface area contributed by atoms with Gasteiger partial charge in [-0.15, -0.1) is 0 Å². The zero-order valence-electron chi connectivity index (χ0n) is 32.5. The van der Waals surface area contributed by atoms with Gasteiger partial charge in [0.2, 0.25) is 5.91 Å². The molecule has 0 radical (unpaired) electrons. The highest BCUT2D eigenvalue weighted by Crippen LogP contribution is 2.77. The van der Waals surface area contributed by atoms with Crippen molar-refractivity contribution in [2.75, 3.05) is 26.2 Å². The van der Waals surface area contributed by atoms with Crippen molar-refractivity contribution in [3.05, 3.63) is 41.5 Å². The van der Waals surface area contributed by atoms with Gasteiger partial charge in [-0.2, -0.15) is 0 Å². The van der Waals surface area contributed by atoms with Crippen LogP contribution in [-0.2, 0) is 14.4 Å². The van der Waals surface area contributed by atoms with Crippen LogP contribution in [0, 0.1) is 62.6 Å². The molecule has 0 spiro atoms. The van der Waals surface area contributed by atoms with E-state index < -0.39 is 23.3 Å². The Morgan fingerprint density at radius 3 is 2.06 bits per heavy atom. The van der Waals surface area contributed by atoms with E-state index in [0.717, 1.165) is 56.9 Å². The number of carboxylic acids is 3. The van der Waals surface area contributed by atoms with Crippen LogP contribution in [0.3, 0.4) is 0 Å². The minimum absolute atomic E-state index is 0.0602. The maximum atomic E-state index is 14.4. The predicted molar refractivity (Wildman–Crippen MR) is 200 cm³/mol. The lowest BCUT2D eigenvalue weighted by Crippen LogP contribution is -2.66. The maximum Gasteiger partial charge on any atom is 0.335 e. The molecule has 4 fully saturated rings. The monoisotopic (exact) mass is 718 g/mol. The zero-order chi connectivity index (χ0) is 38.0. The molecule has 1 aromatic rings. The molecule has 0 aromatic heterocycles. The van der Waals surface area contributed by atoms with Gasteiger partial charge < -0.3 is 20.6 Å². The molecule has 1 amide bonds. The molecule has 0 heterocycles. The number of nitrogens with zero attached hydrogens (tertiary/aromatic N) is 1. The van der Waals surface area contributed by atoms with E-state index >= 15 is 0 Å². The Labute approximate surface area is 310 Å². The summed E-state index contributed by atoms with van der Waals surface area (Å²) in [6.07, 6.45) is 11.9. The lowest BCUT2D eigenvalue weighted by Gasteiger charge is -2.72. The number of amides is 1. The number of aromatic carboxylic acids is 1. The van der Waals surface area contributed by atoms with E-state index in [1.165, 1.54) is 16.9 Å². The van der Waals surface area contributed by atoms with Crippen LogP contribution in [0.5, 0.6) is 0 Å². The topological polar surface area (TPSA) is 144 Å². The highest BCUT2D eigenvalue weighted by atomic mass is 16.4. The normalized spacial score (nSPS) is 37.6. The summed E-state index contributed by atoms with van der Waals surface area (Å²) in [4.78, 5) is 50.1. The number of rotatable bonds is 11. The van der Waals surface area contributed by atoms with Crippen molar-refractivity contribution in [2.45, 2.75) is 106 Å². The van der Waals surface area contributed by atoms with E-state index in [0.29, 0.717) is 35.2 Å². The molecule has 9 heteroatoms. The van der Waals surface area contributed by atoms with Crippen molar-refractivity contribution in [3.8, 4) is 0 Å². The Morgan fingerprint density at radius 2 is 1.46 bits per heavy atom. The van der Waals surface area contributed by atoms with Crippen LogP contribution in [0.4, 0.5) is 0 Å². The van der Waals surface area contributed by atoms with E-state index in [1.54, 1.807) is 12.1 Å². The van der Waals surface area contributed by atoms with Gasteiger partial charge in [-0.05, 0) is 138 Å². The zero-order valence-corrected chi connectivity index (χ0v) is 32.5. The van der Waals surface area contributed by atoms with Crippen molar-refractivity contribution in [3.63, 3.8) is 0 Å². The second kappa shape index (κ2) is 13.6. The third-order valence-corrected chi connectivity index (χ3v) is 16.2. The molecule has 52 heavy (non-hydrogen) atoms. The average molecular weight is 719 g/mol. The summed E-state index contributed by atoms with van der Waals surface area (Å²) in [5, 5.41) is 31.3. The van der Waals surface area contributed by atoms with Crippen molar-refractivity contribution < 1.29 is 34.5 Å². The fourth-order valence-corrected chi connectivity index (χ4v) is 13.8. The first-order valence-corrected chi connectivity index (χ1v) is 19.8. The SMILES string of the molecule is CC(C)[C@@H]1CC[C@]2(C(=O)NCCN(CC(=O)O)CC(=O)O)CC[C@]3(C)[C@H](CCC4[C@@]5(C)CC=C(c6ccc(C(=O)O)cc6)C(C)(C)C5CC[C@]43C)C12. The molecular formula is C43H62N2O7. The van der Waals surface area contributed by atoms with Gasteiger partial charge >= 0.3 is 17.9 Å². The van der Waals surface area contributed by atoms with Gasteiger partial charge in [-0.1, -0.05) is 66.7 Å². The summed E-state index contributed by atoms with van der Waals surface area (Å²) in [6, 6.07) is 7.43. The predicted octanol–water partition coefficient (Wildman–Crippen LogP) is 7.70. The first kappa shape index (κ1) is 38.5. The smallest absolute Gasteiger partial charge is 0.335 e. The van der Waals surface area contributed by atoms with Crippen molar-refractivity contribution >= 4 is 29.4 Å². The summed E-state index contributed by atoms with van der Waals surface area (Å²) in [6.45, 7) is 16.9. The second-order valence-corrected chi connectivity index (χ2v) is 19.0. The lowest BCUT2D eigenvalue weighted by molar-refractivity contribution is -0.227. The quantitative estimate of drug-likeness (QED) is 0.182. The van der Waals surface area contributed by atoms with Crippen LogP contribution in [0.2, 0.25) is 0 Å². The molecule has 0 aliphatic heterocycles. The van der Waals surface area contributed by atoms with Gasteiger partial charge in [0.1, 0.15) is 0 Å². The van der Waals surface area contributed by atoms with E-state index in [9.17, 15) is 34.5 Å². The maximum absolute atomic E-state index is 14.4. The van der Waals surface area contributed by atoms with Crippen LogP contribution in [0.1, 0.15) is 122 Å². The fraction of sp³-hybridized carbons (Fsp3) is 0.721. The Hall–Kier alpha value is -3.20. The van der Waals surface area contributed by atoms with Crippen LogP contribution < -0.4 is 5.32 Å². The summed E-state index contributed by atoms with van der Waals surface area (Å²) >= 11 is 0. The molecular weight excluding hydrogens is 656 g/mol. The summed E-state index contributed by atoms with van der Waals surface area (Å²) in [5.41, 5.74) is 2.62. The number of allylic oxidation sites excluding steroid dienone is 2. The van der Waals surface area contributed by atoms with E-state index in [2.05, 4.69) is 59.9 Å². The summed E-state index contributed by atoms with van der Waals surface area (Å²) < 4.78 is 0. The lowest BCUT2D eigenvalue weighted by atomic mass is 9.32. The Balaban J connectivity index is 1.27. The van der Waals surface area contributed by atoms with Crippen LogP contribution >= 0.6 is 0 Å². The van der Waals surface area contributed by atoms with Crippen LogP contribution in [0.15, 0.2) is 30.3 Å². The molecule has 9 atom stereocenters. The molecule has 286 valence electrons. The van der Waals surface area contributed by atoms with Gasteiger partial charge in [-0.25, -0.2) is 4.79 Å². The number of aliphatic carboxylic acids is 2. The molecule has 5 aliphatic carbocycles. The molecule has 4 saturated carbocycles. The Morgan fingerprint density at radius 1 is 0.808 bits per heavy atom. The van der Waals surface area contributed by atoms with Gasteiger partial charge in [0.25, 0.3) is 0 Å². The van der Waals surface area contributed by atoms with Crippen molar-refractivity contribution in [1.29, 1.82) is 0 Å². The van der Waals surface area contributed by atoms with E-state index in [1.807, 2.05) is 12.1 Å². The van der Waals surface area contributed by atoms with Crippen LogP contribution in [0.25, 0.3) is 5.57 Å². The van der Waals surface area contributed by atoms with Crippen molar-refractivity contribution in [1.82, 2.24) is 10.2 Å². The van der Waals surface area contributed by atoms with E-state index in [4.69, 9.17) is 0 Å². The number of nitrogens with one attached hydrogen (secondary N) is 1. The number of hydrogen-bond donors (Lipinski definition) is 4. The van der Waals surface area contributed by atoms with Gasteiger partial charge in [-0.3, -0.25) is 19.3 Å². The van der Waals surface area contributed by atoms with Gasteiger partial charge in [0, 0.05) is 13.1 Å². The molecule has 5 aliphatic rings. The fourth-order valence-electron chi connectivity index (χ4n) is 13.8. The standard InChI is InChI=1S/C43H62N2O7/c1-26(2)29-14-19-43(38(52)44-22-23-45(24-34(46)47)25-35(48)49)21-20-41(6)31(36(29)43)12-13-33-40(5)17-15-30(27-8-10-28(11-9-27)37(50)51)39(3,4)32(40)16-18-42(33,41)7/h8-11,15,26,29,31-33,36H,12-14,16-25H2,1-7H3,(H,44,52)(H,46,47)(H,48,49)(H,50,51)/t29-,31+,32?,33?,36?,40-,41+,42+,43-/m0/s1. The van der Waals surface area contributed by atoms with Crippen LogP contribution in [-0.4, -0.2) is 70.2 Å².